The Hall–Kier alpha value is -1.97. The smallest absolute Gasteiger partial charge is 0.221 e. The molecule has 0 saturated carbocycles. The molecule has 0 spiro atoms. The lowest BCUT2D eigenvalue weighted by Crippen LogP contribution is -2.47. The fourth-order valence-corrected chi connectivity index (χ4v) is 6.70. The number of hydrogen-bond donors (Lipinski definition) is 1. The minimum atomic E-state index is -3.64. The molecular formula is C25H38N4O4S. The number of piperidine rings is 1. The zero-order chi connectivity index (χ0) is 24.7. The number of nitrogens with two attached hydrogens (primary N) is 1. The number of sulfone groups is 1. The van der Waals surface area contributed by atoms with Gasteiger partial charge in [-0.3, -0.25) is 9.69 Å². The molecule has 2 unspecified atom stereocenters. The molecule has 1 amide bonds. The summed E-state index contributed by atoms with van der Waals surface area (Å²) in [4.78, 5) is 18.7. The second kappa shape index (κ2) is 9.59. The summed E-state index contributed by atoms with van der Waals surface area (Å²) in [6.45, 7) is 11.6. The standard InChI is InChI=1S/C25H38N4O4S/c1-17(28-11-5-6-19(16-28)23(26)30)34(31,32)20-7-8-22-21(14-20)27-24(25(2,3)4)29(22)15-18-9-12-33-13-10-18/h7-8,14,17-19H,5-6,9-13,15-16H2,1-4H3,(H2,26,30). The van der Waals surface area contributed by atoms with Crippen LogP contribution < -0.4 is 5.73 Å². The molecule has 2 aromatic rings. The van der Waals surface area contributed by atoms with E-state index in [1.165, 1.54) is 0 Å². The summed E-state index contributed by atoms with van der Waals surface area (Å²) in [7, 11) is -3.64. The molecule has 3 heterocycles. The van der Waals surface area contributed by atoms with Crippen molar-refractivity contribution in [2.75, 3.05) is 26.3 Å². The number of amides is 1. The molecule has 8 nitrogen and oxygen atoms in total. The van der Waals surface area contributed by atoms with Crippen LogP contribution in [0.2, 0.25) is 0 Å². The lowest BCUT2D eigenvalue weighted by Gasteiger charge is -2.35. The third kappa shape index (κ3) is 5.02. The molecule has 2 aliphatic heterocycles. The van der Waals surface area contributed by atoms with Gasteiger partial charge in [0.1, 0.15) is 11.2 Å². The number of ether oxygens (including phenoxy) is 1. The summed E-state index contributed by atoms with van der Waals surface area (Å²) in [5.41, 5.74) is 7.00. The second-order valence-corrected chi connectivity index (χ2v) is 13.1. The number of rotatable bonds is 6. The van der Waals surface area contributed by atoms with Gasteiger partial charge in [0.05, 0.1) is 21.8 Å². The van der Waals surface area contributed by atoms with E-state index in [0.29, 0.717) is 30.9 Å². The fraction of sp³-hybridized carbons (Fsp3) is 0.680. The van der Waals surface area contributed by atoms with E-state index in [4.69, 9.17) is 15.5 Å². The van der Waals surface area contributed by atoms with Crippen molar-refractivity contribution in [1.29, 1.82) is 0 Å². The first-order valence-electron chi connectivity index (χ1n) is 12.3. The average molecular weight is 491 g/mol. The van der Waals surface area contributed by atoms with E-state index in [-0.39, 0.29) is 22.1 Å². The van der Waals surface area contributed by atoms with Gasteiger partial charge in [0.2, 0.25) is 5.91 Å². The van der Waals surface area contributed by atoms with Gasteiger partial charge in [-0.25, -0.2) is 13.4 Å². The van der Waals surface area contributed by atoms with E-state index in [1.807, 2.05) is 11.0 Å². The topological polar surface area (TPSA) is 108 Å². The van der Waals surface area contributed by atoms with Gasteiger partial charge in [0.15, 0.2) is 9.84 Å². The summed E-state index contributed by atoms with van der Waals surface area (Å²) in [6, 6.07) is 5.32. The zero-order valence-electron chi connectivity index (χ0n) is 20.8. The lowest BCUT2D eigenvalue weighted by atomic mass is 9.94. The highest BCUT2D eigenvalue weighted by Crippen LogP contribution is 2.32. The Balaban J connectivity index is 1.66. The lowest BCUT2D eigenvalue weighted by molar-refractivity contribution is -0.123. The Bertz CT molecular complexity index is 1150. The minimum absolute atomic E-state index is 0.173. The van der Waals surface area contributed by atoms with Crippen molar-refractivity contribution in [2.24, 2.45) is 17.6 Å². The molecule has 2 N–H and O–H groups in total. The summed E-state index contributed by atoms with van der Waals surface area (Å²) in [5, 5.41) is -0.737. The highest BCUT2D eigenvalue weighted by molar-refractivity contribution is 7.92. The van der Waals surface area contributed by atoms with Crippen LogP contribution in [0, 0.1) is 11.8 Å². The van der Waals surface area contributed by atoms with E-state index < -0.39 is 15.2 Å². The molecule has 0 radical (unpaired) electrons. The van der Waals surface area contributed by atoms with Crippen LogP contribution in [0.3, 0.4) is 0 Å². The number of likely N-dealkylation sites (tertiary alicyclic amines) is 1. The molecule has 0 bridgehead atoms. The van der Waals surface area contributed by atoms with Gasteiger partial charge >= 0.3 is 0 Å². The molecule has 2 fully saturated rings. The van der Waals surface area contributed by atoms with Crippen LogP contribution >= 0.6 is 0 Å². The summed E-state index contributed by atoms with van der Waals surface area (Å²) < 4.78 is 34.9. The maximum atomic E-state index is 13.6. The molecule has 188 valence electrons. The number of benzene rings is 1. The van der Waals surface area contributed by atoms with Crippen LogP contribution in [-0.4, -0.2) is 60.5 Å². The van der Waals surface area contributed by atoms with Crippen molar-refractivity contribution < 1.29 is 17.9 Å². The quantitative estimate of drug-likeness (QED) is 0.667. The predicted octanol–water partition coefficient (Wildman–Crippen LogP) is 3.08. The summed E-state index contributed by atoms with van der Waals surface area (Å²) in [5.74, 6) is 0.828. The second-order valence-electron chi connectivity index (χ2n) is 10.9. The van der Waals surface area contributed by atoms with Crippen molar-refractivity contribution in [2.45, 2.75) is 75.6 Å². The largest absolute Gasteiger partial charge is 0.381 e. The Morgan fingerprint density at radius 3 is 2.59 bits per heavy atom. The number of imidazole rings is 1. The fourth-order valence-electron chi connectivity index (χ4n) is 5.19. The van der Waals surface area contributed by atoms with Gasteiger partial charge in [-0.1, -0.05) is 20.8 Å². The molecule has 34 heavy (non-hydrogen) atoms. The SMILES string of the molecule is CC(N1CCCC(C(N)=O)C1)S(=O)(=O)c1ccc2c(c1)nc(C(C)(C)C)n2CC1CCOCC1. The van der Waals surface area contributed by atoms with Gasteiger partial charge in [0.25, 0.3) is 0 Å². The molecule has 4 rings (SSSR count). The number of carbonyl (C=O) groups excluding carboxylic acids is 1. The van der Waals surface area contributed by atoms with Gasteiger partial charge in [-0.05, 0) is 63.3 Å². The Morgan fingerprint density at radius 1 is 1.24 bits per heavy atom. The Labute approximate surface area is 202 Å². The highest BCUT2D eigenvalue weighted by Gasteiger charge is 2.34. The van der Waals surface area contributed by atoms with Crippen molar-refractivity contribution in [3.05, 3.63) is 24.0 Å². The van der Waals surface area contributed by atoms with Crippen LogP contribution in [0.1, 0.15) is 59.2 Å². The van der Waals surface area contributed by atoms with Crippen LogP contribution in [0.4, 0.5) is 0 Å². The number of aromatic nitrogens is 2. The number of nitrogens with zero attached hydrogens (tertiary/aromatic N) is 3. The van der Waals surface area contributed by atoms with Crippen molar-refractivity contribution in [3.63, 3.8) is 0 Å². The first kappa shape index (κ1) is 25.1. The number of hydrogen-bond acceptors (Lipinski definition) is 6. The minimum Gasteiger partial charge on any atom is -0.381 e. The van der Waals surface area contributed by atoms with Gasteiger partial charge < -0.3 is 15.0 Å². The first-order chi connectivity index (χ1) is 16.0. The molecule has 2 saturated heterocycles. The third-order valence-electron chi connectivity index (χ3n) is 7.32. The van der Waals surface area contributed by atoms with Crippen LogP contribution in [0.15, 0.2) is 23.1 Å². The third-order valence-corrected chi connectivity index (χ3v) is 9.43. The normalized spacial score (nSPS) is 22.2. The summed E-state index contributed by atoms with van der Waals surface area (Å²) in [6.07, 6.45) is 3.52. The van der Waals surface area contributed by atoms with Crippen molar-refractivity contribution in [1.82, 2.24) is 14.5 Å². The molecule has 1 aromatic heterocycles. The van der Waals surface area contributed by atoms with E-state index in [0.717, 1.165) is 50.4 Å². The van der Waals surface area contributed by atoms with Gasteiger partial charge in [-0.15, -0.1) is 0 Å². The number of primary amides is 1. The maximum Gasteiger partial charge on any atom is 0.221 e. The van der Waals surface area contributed by atoms with Gasteiger partial charge in [-0.2, -0.15) is 0 Å². The Morgan fingerprint density at radius 2 is 1.94 bits per heavy atom. The monoisotopic (exact) mass is 490 g/mol. The average Bonchev–Trinajstić information content (AvgIpc) is 3.17. The molecule has 2 aliphatic rings. The van der Waals surface area contributed by atoms with E-state index >= 15 is 0 Å². The summed E-state index contributed by atoms with van der Waals surface area (Å²) >= 11 is 0. The van der Waals surface area contributed by atoms with E-state index in [9.17, 15) is 13.2 Å². The van der Waals surface area contributed by atoms with Gasteiger partial charge in [0, 0.05) is 31.7 Å². The molecule has 9 heteroatoms. The van der Waals surface area contributed by atoms with Crippen molar-refractivity contribution in [3.8, 4) is 0 Å². The van der Waals surface area contributed by atoms with Crippen LogP contribution in [0.5, 0.6) is 0 Å². The molecular weight excluding hydrogens is 452 g/mol. The van der Waals surface area contributed by atoms with E-state index in [2.05, 4.69) is 25.3 Å². The van der Waals surface area contributed by atoms with Crippen LogP contribution in [0.25, 0.3) is 11.0 Å². The molecule has 0 aliphatic carbocycles. The predicted molar refractivity (Wildman–Crippen MR) is 132 cm³/mol. The number of carbonyl (C=O) groups is 1. The molecule has 2 atom stereocenters. The van der Waals surface area contributed by atoms with Crippen molar-refractivity contribution >= 4 is 26.8 Å². The first-order valence-corrected chi connectivity index (χ1v) is 13.9. The van der Waals surface area contributed by atoms with E-state index in [1.54, 1.807) is 19.1 Å². The Kier molecular flexibility index (Phi) is 7.09. The molecule has 1 aromatic carbocycles. The van der Waals surface area contributed by atoms with Crippen LogP contribution in [-0.2, 0) is 31.3 Å². The highest BCUT2D eigenvalue weighted by atomic mass is 32.2. The maximum absolute atomic E-state index is 13.6. The zero-order valence-corrected chi connectivity index (χ0v) is 21.6. The number of fused-ring (bicyclic) bond motifs is 1.